The summed E-state index contributed by atoms with van der Waals surface area (Å²) in [5.41, 5.74) is 1.57. The van der Waals surface area contributed by atoms with Crippen molar-refractivity contribution in [3.8, 4) is 0 Å². The molecule has 0 unspecified atom stereocenters. The summed E-state index contributed by atoms with van der Waals surface area (Å²) in [6.45, 7) is 2.17. The van der Waals surface area contributed by atoms with Gasteiger partial charge in [-0.15, -0.1) is 0 Å². The first kappa shape index (κ1) is 15.1. The summed E-state index contributed by atoms with van der Waals surface area (Å²) in [7, 11) is 1.33. The summed E-state index contributed by atoms with van der Waals surface area (Å²) in [5.74, 6) is -0.421. The molecule has 1 fully saturated rings. The molecule has 0 aliphatic carbocycles. The molecule has 112 valence electrons. The van der Waals surface area contributed by atoms with E-state index in [2.05, 4.69) is 0 Å². The molecule has 1 amide bonds. The van der Waals surface area contributed by atoms with Crippen molar-refractivity contribution in [2.24, 2.45) is 0 Å². The van der Waals surface area contributed by atoms with Gasteiger partial charge in [-0.2, -0.15) is 0 Å². The Hall–Kier alpha value is -2.30. The molecule has 5 heteroatoms. The summed E-state index contributed by atoms with van der Waals surface area (Å²) in [5, 5.41) is 0. The van der Waals surface area contributed by atoms with Gasteiger partial charge in [-0.05, 0) is 18.4 Å². The Labute approximate surface area is 124 Å². The quantitative estimate of drug-likeness (QED) is 0.617. The normalized spacial score (nSPS) is 18.6. The van der Waals surface area contributed by atoms with E-state index in [-0.39, 0.29) is 6.04 Å². The molecular weight excluding hydrogens is 270 g/mol. The SMILES string of the molecule is CC/C(=C\N1C(=O)OC[C@@H]1Cc1ccccc1)C(=O)OC. The van der Waals surface area contributed by atoms with Gasteiger partial charge in [0.05, 0.1) is 18.7 Å². The van der Waals surface area contributed by atoms with E-state index in [9.17, 15) is 9.59 Å². The lowest BCUT2D eigenvalue weighted by molar-refractivity contribution is -0.136. The van der Waals surface area contributed by atoms with Gasteiger partial charge in [0.2, 0.25) is 0 Å². The highest BCUT2D eigenvalue weighted by atomic mass is 16.6. The van der Waals surface area contributed by atoms with Crippen LogP contribution in [0, 0.1) is 0 Å². The molecule has 0 aromatic heterocycles. The van der Waals surface area contributed by atoms with Gasteiger partial charge in [0.15, 0.2) is 0 Å². The van der Waals surface area contributed by atoms with Gasteiger partial charge in [0.25, 0.3) is 0 Å². The van der Waals surface area contributed by atoms with E-state index in [1.165, 1.54) is 12.0 Å². The van der Waals surface area contributed by atoms with Gasteiger partial charge in [0, 0.05) is 6.20 Å². The lowest BCUT2D eigenvalue weighted by atomic mass is 10.1. The van der Waals surface area contributed by atoms with Crippen molar-refractivity contribution in [1.29, 1.82) is 0 Å². The number of ether oxygens (including phenoxy) is 2. The van der Waals surface area contributed by atoms with Crippen LogP contribution >= 0.6 is 0 Å². The van der Waals surface area contributed by atoms with Crippen molar-refractivity contribution in [1.82, 2.24) is 4.90 Å². The maximum Gasteiger partial charge on any atom is 0.414 e. The molecule has 0 saturated carbocycles. The van der Waals surface area contributed by atoms with E-state index in [0.29, 0.717) is 25.0 Å². The van der Waals surface area contributed by atoms with Crippen LogP contribution in [0.4, 0.5) is 4.79 Å². The molecular formula is C16H19NO4. The van der Waals surface area contributed by atoms with Crippen molar-refractivity contribution in [2.45, 2.75) is 25.8 Å². The number of cyclic esters (lactones) is 1. The van der Waals surface area contributed by atoms with Crippen LogP contribution in [-0.4, -0.2) is 36.7 Å². The molecule has 1 aliphatic heterocycles. The van der Waals surface area contributed by atoms with Crippen molar-refractivity contribution in [3.63, 3.8) is 0 Å². The molecule has 2 rings (SSSR count). The maximum atomic E-state index is 11.8. The number of amides is 1. The van der Waals surface area contributed by atoms with Crippen LogP contribution in [0.15, 0.2) is 42.1 Å². The molecule has 1 heterocycles. The lowest BCUT2D eigenvalue weighted by Crippen LogP contribution is -2.31. The van der Waals surface area contributed by atoms with Crippen molar-refractivity contribution in [2.75, 3.05) is 13.7 Å². The number of hydrogen-bond donors (Lipinski definition) is 0. The number of benzene rings is 1. The fourth-order valence-corrected chi connectivity index (χ4v) is 2.26. The number of carbonyl (C=O) groups is 2. The van der Waals surface area contributed by atoms with Gasteiger partial charge in [0.1, 0.15) is 6.61 Å². The zero-order chi connectivity index (χ0) is 15.2. The highest BCUT2D eigenvalue weighted by Crippen LogP contribution is 2.19. The number of rotatable bonds is 5. The molecule has 21 heavy (non-hydrogen) atoms. The zero-order valence-corrected chi connectivity index (χ0v) is 12.2. The topological polar surface area (TPSA) is 55.8 Å². The Morgan fingerprint density at radius 3 is 2.76 bits per heavy atom. The number of nitrogens with zero attached hydrogens (tertiary/aromatic N) is 1. The average molecular weight is 289 g/mol. The maximum absolute atomic E-state index is 11.8. The molecule has 1 saturated heterocycles. The van der Waals surface area contributed by atoms with Crippen molar-refractivity contribution in [3.05, 3.63) is 47.7 Å². The van der Waals surface area contributed by atoms with Crippen LogP contribution in [0.2, 0.25) is 0 Å². The second-order valence-electron chi connectivity index (χ2n) is 4.83. The zero-order valence-electron chi connectivity index (χ0n) is 12.2. The molecule has 0 spiro atoms. The van der Waals surface area contributed by atoms with Crippen LogP contribution < -0.4 is 0 Å². The van der Waals surface area contributed by atoms with Crippen molar-refractivity contribution < 1.29 is 19.1 Å². The van der Waals surface area contributed by atoms with Crippen LogP contribution in [-0.2, 0) is 20.7 Å². The highest BCUT2D eigenvalue weighted by molar-refractivity contribution is 5.89. The Balaban J connectivity index is 2.17. The average Bonchev–Trinajstić information content (AvgIpc) is 2.85. The number of methoxy groups -OCH3 is 1. The minimum atomic E-state index is -0.425. The third-order valence-corrected chi connectivity index (χ3v) is 3.44. The van der Waals surface area contributed by atoms with E-state index in [1.54, 1.807) is 6.20 Å². The predicted octanol–water partition coefficient (Wildman–Crippen LogP) is 2.52. The van der Waals surface area contributed by atoms with E-state index in [0.717, 1.165) is 5.56 Å². The van der Waals surface area contributed by atoms with Gasteiger partial charge in [-0.3, -0.25) is 4.90 Å². The molecule has 0 bridgehead atoms. The second-order valence-corrected chi connectivity index (χ2v) is 4.83. The van der Waals surface area contributed by atoms with Gasteiger partial charge in [-0.25, -0.2) is 9.59 Å². The molecule has 0 N–H and O–H groups in total. The Bertz CT molecular complexity index is 538. The number of carbonyl (C=O) groups excluding carboxylic acids is 2. The van der Waals surface area contributed by atoms with Gasteiger partial charge in [-0.1, -0.05) is 37.3 Å². The first-order valence-corrected chi connectivity index (χ1v) is 6.93. The number of esters is 1. The van der Waals surface area contributed by atoms with E-state index < -0.39 is 12.1 Å². The summed E-state index contributed by atoms with van der Waals surface area (Å²) in [6.07, 6.45) is 2.30. The standard InChI is InChI=1S/C16H19NO4/c1-3-13(15(18)20-2)10-17-14(11-21-16(17)19)9-12-7-5-4-6-8-12/h4-8,10,14H,3,9,11H2,1-2H3/b13-10+/t14-/m0/s1. The van der Waals surface area contributed by atoms with Crippen LogP contribution in [0.1, 0.15) is 18.9 Å². The van der Waals surface area contributed by atoms with E-state index in [4.69, 9.17) is 9.47 Å². The third-order valence-electron chi connectivity index (χ3n) is 3.44. The smallest absolute Gasteiger partial charge is 0.414 e. The number of hydrogen-bond acceptors (Lipinski definition) is 4. The fourth-order valence-electron chi connectivity index (χ4n) is 2.26. The van der Waals surface area contributed by atoms with Crippen molar-refractivity contribution >= 4 is 12.1 Å². The monoisotopic (exact) mass is 289 g/mol. The first-order valence-electron chi connectivity index (χ1n) is 6.93. The van der Waals surface area contributed by atoms with Gasteiger partial charge < -0.3 is 9.47 Å². The van der Waals surface area contributed by atoms with E-state index in [1.807, 2.05) is 37.3 Å². The molecule has 1 aliphatic rings. The minimum absolute atomic E-state index is 0.105. The Kier molecular flexibility index (Phi) is 4.98. The van der Waals surface area contributed by atoms with E-state index >= 15 is 0 Å². The predicted molar refractivity (Wildman–Crippen MR) is 77.5 cm³/mol. The Morgan fingerprint density at radius 2 is 2.14 bits per heavy atom. The highest BCUT2D eigenvalue weighted by Gasteiger charge is 2.32. The molecule has 1 aromatic rings. The molecule has 5 nitrogen and oxygen atoms in total. The summed E-state index contributed by atoms with van der Waals surface area (Å²) in [4.78, 5) is 25.0. The third kappa shape index (κ3) is 3.62. The largest absolute Gasteiger partial charge is 0.466 e. The minimum Gasteiger partial charge on any atom is -0.466 e. The molecule has 1 aromatic carbocycles. The van der Waals surface area contributed by atoms with Crippen LogP contribution in [0.25, 0.3) is 0 Å². The van der Waals surface area contributed by atoms with Crippen LogP contribution in [0.5, 0.6) is 0 Å². The molecule has 1 atom stereocenters. The van der Waals surface area contributed by atoms with Crippen LogP contribution in [0.3, 0.4) is 0 Å². The summed E-state index contributed by atoms with van der Waals surface area (Å²) in [6, 6.07) is 9.77. The summed E-state index contributed by atoms with van der Waals surface area (Å²) >= 11 is 0. The fraction of sp³-hybridized carbons (Fsp3) is 0.375. The molecule has 0 radical (unpaired) electrons. The lowest BCUT2D eigenvalue weighted by Gasteiger charge is -2.18. The first-order chi connectivity index (χ1) is 10.2. The van der Waals surface area contributed by atoms with Gasteiger partial charge >= 0.3 is 12.1 Å². The summed E-state index contributed by atoms with van der Waals surface area (Å²) < 4.78 is 9.82. The second kappa shape index (κ2) is 6.92. The Morgan fingerprint density at radius 1 is 1.43 bits per heavy atom.